The Morgan fingerprint density at radius 2 is 2.25 bits per heavy atom. The van der Waals surface area contributed by atoms with Crippen LogP contribution in [0.5, 0.6) is 0 Å². The maximum absolute atomic E-state index is 5.65. The first kappa shape index (κ1) is 15.8. The molecule has 130 valence electrons. The summed E-state index contributed by atoms with van der Waals surface area (Å²) in [6, 6.07) is 2.43. The van der Waals surface area contributed by atoms with Crippen molar-refractivity contribution in [3.63, 3.8) is 0 Å². The van der Waals surface area contributed by atoms with Crippen molar-refractivity contribution in [3.8, 4) is 0 Å². The zero-order chi connectivity index (χ0) is 16.5. The molecule has 24 heavy (non-hydrogen) atoms. The van der Waals surface area contributed by atoms with Gasteiger partial charge in [0.15, 0.2) is 5.82 Å². The minimum Gasteiger partial charge on any atom is -0.380 e. The molecule has 2 atom stereocenters. The van der Waals surface area contributed by atoms with Crippen molar-refractivity contribution in [2.45, 2.75) is 57.8 Å². The van der Waals surface area contributed by atoms with Gasteiger partial charge in [-0.15, -0.1) is 10.2 Å². The van der Waals surface area contributed by atoms with Crippen LogP contribution in [0, 0.1) is 0 Å². The molecular formula is C17H26N6O. The van der Waals surface area contributed by atoms with E-state index in [0.29, 0.717) is 6.04 Å². The fourth-order valence-electron chi connectivity index (χ4n) is 4.08. The highest BCUT2D eigenvalue weighted by Gasteiger charge is 2.37. The summed E-state index contributed by atoms with van der Waals surface area (Å²) in [5.41, 5.74) is 1.29. The second-order valence-corrected chi connectivity index (χ2v) is 6.72. The summed E-state index contributed by atoms with van der Waals surface area (Å²) in [5, 5.41) is 13.3. The molecule has 4 heterocycles. The molecule has 0 spiro atoms. The number of nitrogens with zero attached hydrogens (tertiary/aromatic N) is 6. The molecule has 0 bridgehead atoms. The third-order valence-electron chi connectivity index (χ3n) is 5.39. The Hall–Kier alpha value is -1.73. The summed E-state index contributed by atoms with van der Waals surface area (Å²) in [5.74, 6) is 2.28. The molecule has 0 radical (unpaired) electrons. The fourth-order valence-corrected chi connectivity index (χ4v) is 4.08. The average molecular weight is 330 g/mol. The summed E-state index contributed by atoms with van der Waals surface area (Å²) in [6.07, 6.45) is 6.42. The maximum Gasteiger partial charge on any atom is 0.150 e. The second kappa shape index (κ2) is 6.64. The highest BCUT2D eigenvalue weighted by Crippen LogP contribution is 2.34. The summed E-state index contributed by atoms with van der Waals surface area (Å²) >= 11 is 0. The van der Waals surface area contributed by atoms with Crippen molar-refractivity contribution in [2.75, 3.05) is 20.2 Å². The molecule has 2 aliphatic heterocycles. The lowest BCUT2D eigenvalue weighted by molar-refractivity contribution is 0.108. The predicted molar refractivity (Wildman–Crippen MR) is 89.7 cm³/mol. The van der Waals surface area contributed by atoms with Crippen LogP contribution in [0.4, 0.5) is 0 Å². The van der Waals surface area contributed by atoms with Gasteiger partial charge in [0.25, 0.3) is 0 Å². The highest BCUT2D eigenvalue weighted by atomic mass is 16.5. The Balaban J connectivity index is 1.51. The van der Waals surface area contributed by atoms with Crippen LogP contribution < -0.4 is 0 Å². The van der Waals surface area contributed by atoms with Crippen molar-refractivity contribution in [3.05, 3.63) is 29.6 Å². The van der Waals surface area contributed by atoms with Gasteiger partial charge in [0.2, 0.25) is 0 Å². The summed E-state index contributed by atoms with van der Waals surface area (Å²) in [7, 11) is 1.81. The minimum atomic E-state index is 0.278. The zero-order valence-corrected chi connectivity index (χ0v) is 14.6. The first-order valence-electron chi connectivity index (χ1n) is 8.99. The van der Waals surface area contributed by atoms with E-state index in [-0.39, 0.29) is 6.10 Å². The summed E-state index contributed by atoms with van der Waals surface area (Å²) in [4.78, 5) is 2.51. The number of hydrogen-bond donors (Lipinski definition) is 0. The van der Waals surface area contributed by atoms with Crippen molar-refractivity contribution in [1.29, 1.82) is 0 Å². The molecule has 0 saturated carbocycles. The standard InChI is InChI=1S/C17H26N6O/c1-3-23-13(6-8-18-23)7-10-21-12-14(24-2)11-15(21)17-20-19-16-5-4-9-22(16)17/h6,8,14-15H,3-5,7,9-12H2,1-2H3/t14-,15+/m1/s1. The van der Waals surface area contributed by atoms with Gasteiger partial charge in [-0.1, -0.05) is 0 Å². The monoisotopic (exact) mass is 330 g/mol. The molecule has 7 nitrogen and oxygen atoms in total. The minimum absolute atomic E-state index is 0.278. The molecule has 0 aliphatic carbocycles. The van der Waals surface area contributed by atoms with E-state index in [0.717, 1.165) is 57.1 Å². The number of hydrogen-bond acceptors (Lipinski definition) is 5. The van der Waals surface area contributed by atoms with E-state index in [1.54, 1.807) is 0 Å². The van der Waals surface area contributed by atoms with Crippen molar-refractivity contribution >= 4 is 0 Å². The quantitative estimate of drug-likeness (QED) is 0.802. The largest absolute Gasteiger partial charge is 0.380 e. The number of aromatic nitrogens is 5. The van der Waals surface area contributed by atoms with Gasteiger partial charge in [-0.3, -0.25) is 9.58 Å². The van der Waals surface area contributed by atoms with Gasteiger partial charge in [0, 0.05) is 58.0 Å². The molecule has 7 heteroatoms. The van der Waals surface area contributed by atoms with Gasteiger partial charge in [-0.05, 0) is 25.8 Å². The molecule has 2 aromatic heterocycles. The van der Waals surface area contributed by atoms with Gasteiger partial charge < -0.3 is 9.30 Å². The molecule has 1 fully saturated rings. The average Bonchev–Trinajstić information content (AvgIpc) is 3.34. The number of aryl methyl sites for hydroxylation is 2. The van der Waals surface area contributed by atoms with Gasteiger partial charge in [-0.25, -0.2) is 0 Å². The lowest BCUT2D eigenvalue weighted by atomic mass is 10.1. The summed E-state index contributed by atoms with van der Waals surface area (Å²) < 4.78 is 10.1. The van der Waals surface area contributed by atoms with Gasteiger partial charge in [0.05, 0.1) is 12.1 Å². The van der Waals surface area contributed by atoms with Crippen LogP contribution in [-0.4, -0.2) is 55.7 Å². The number of fused-ring (bicyclic) bond motifs is 1. The Bertz CT molecular complexity index is 693. The number of ether oxygens (including phenoxy) is 1. The van der Waals surface area contributed by atoms with Gasteiger partial charge in [-0.2, -0.15) is 5.10 Å². The van der Waals surface area contributed by atoms with Crippen LogP contribution in [0.3, 0.4) is 0 Å². The lowest BCUT2D eigenvalue weighted by Gasteiger charge is -2.23. The van der Waals surface area contributed by atoms with Crippen LogP contribution in [0.15, 0.2) is 12.3 Å². The Labute approximate surface area is 142 Å². The van der Waals surface area contributed by atoms with E-state index in [2.05, 4.69) is 42.4 Å². The maximum atomic E-state index is 5.65. The first-order chi connectivity index (χ1) is 11.8. The molecular weight excluding hydrogens is 304 g/mol. The van der Waals surface area contributed by atoms with Crippen LogP contribution in [0.1, 0.15) is 43.1 Å². The number of likely N-dealkylation sites (tertiary alicyclic amines) is 1. The van der Waals surface area contributed by atoms with Crippen molar-refractivity contribution < 1.29 is 4.74 Å². The van der Waals surface area contributed by atoms with Crippen LogP contribution in [-0.2, 0) is 30.7 Å². The second-order valence-electron chi connectivity index (χ2n) is 6.72. The summed E-state index contributed by atoms with van der Waals surface area (Å²) in [6.45, 7) is 6.07. The molecule has 2 aromatic rings. The predicted octanol–water partition coefficient (Wildman–Crippen LogP) is 1.45. The third-order valence-corrected chi connectivity index (χ3v) is 5.39. The Morgan fingerprint density at radius 3 is 3.08 bits per heavy atom. The first-order valence-corrected chi connectivity index (χ1v) is 8.99. The van der Waals surface area contributed by atoms with Gasteiger partial charge in [0.1, 0.15) is 5.82 Å². The SMILES string of the molecule is CCn1nccc1CCN1C[C@H](OC)C[C@H]1c1nnc2n1CCC2. The number of rotatable bonds is 6. The van der Waals surface area contributed by atoms with Gasteiger partial charge >= 0.3 is 0 Å². The van der Waals surface area contributed by atoms with E-state index in [1.807, 2.05) is 13.3 Å². The molecule has 0 N–H and O–H groups in total. The Morgan fingerprint density at radius 1 is 1.33 bits per heavy atom. The molecule has 4 rings (SSSR count). The fraction of sp³-hybridized carbons (Fsp3) is 0.706. The highest BCUT2D eigenvalue weighted by molar-refractivity contribution is 5.09. The topological polar surface area (TPSA) is 61.0 Å². The normalized spacial score (nSPS) is 23.9. The molecule has 0 amide bonds. The number of methoxy groups -OCH3 is 1. The smallest absolute Gasteiger partial charge is 0.150 e. The van der Waals surface area contributed by atoms with Crippen LogP contribution in [0.25, 0.3) is 0 Å². The zero-order valence-electron chi connectivity index (χ0n) is 14.6. The Kier molecular flexibility index (Phi) is 4.37. The van der Waals surface area contributed by atoms with Crippen molar-refractivity contribution in [1.82, 2.24) is 29.4 Å². The molecule has 0 unspecified atom stereocenters. The molecule has 2 aliphatic rings. The van der Waals surface area contributed by atoms with E-state index < -0.39 is 0 Å². The van der Waals surface area contributed by atoms with E-state index in [1.165, 1.54) is 12.1 Å². The van der Waals surface area contributed by atoms with E-state index in [4.69, 9.17) is 4.74 Å². The third kappa shape index (κ3) is 2.75. The molecule has 0 aromatic carbocycles. The lowest BCUT2D eigenvalue weighted by Crippen LogP contribution is -2.29. The van der Waals surface area contributed by atoms with Crippen LogP contribution in [0.2, 0.25) is 0 Å². The van der Waals surface area contributed by atoms with Crippen LogP contribution >= 0.6 is 0 Å². The molecule has 1 saturated heterocycles. The van der Waals surface area contributed by atoms with E-state index >= 15 is 0 Å². The van der Waals surface area contributed by atoms with E-state index in [9.17, 15) is 0 Å². The van der Waals surface area contributed by atoms with Crippen molar-refractivity contribution in [2.24, 2.45) is 0 Å².